The molecule has 1 saturated heterocycles. The van der Waals surface area contributed by atoms with Gasteiger partial charge in [0.15, 0.2) is 0 Å². The van der Waals surface area contributed by atoms with Gasteiger partial charge in [-0.05, 0) is 67.3 Å². The molecule has 7 heteroatoms. The summed E-state index contributed by atoms with van der Waals surface area (Å²) < 4.78 is 19.7. The van der Waals surface area contributed by atoms with Crippen LogP contribution in [0, 0.1) is 5.82 Å². The van der Waals surface area contributed by atoms with Gasteiger partial charge in [0, 0.05) is 43.1 Å². The number of ether oxygens (including phenoxy) is 1. The molecular weight excluding hydrogens is 445 g/mol. The minimum atomic E-state index is -0.361. The Balaban J connectivity index is 1.42. The van der Waals surface area contributed by atoms with E-state index in [-0.39, 0.29) is 35.2 Å². The highest BCUT2D eigenvalue weighted by atomic mass is 19.1. The lowest BCUT2D eigenvalue weighted by Crippen LogP contribution is -2.52. The monoisotopic (exact) mass is 473 g/mol. The molecule has 6 nitrogen and oxygen atoms in total. The Hall–Kier alpha value is -3.58. The summed E-state index contributed by atoms with van der Waals surface area (Å²) in [6, 6.07) is 17.0. The molecule has 1 N–H and O–H groups in total. The average Bonchev–Trinajstić information content (AvgIpc) is 3.14. The van der Waals surface area contributed by atoms with Crippen LogP contribution in [0.5, 0.6) is 0 Å². The number of fused-ring (bicyclic) bond motifs is 2. The molecule has 1 aromatic heterocycles. The third-order valence-corrected chi connectivity index (χ3v) is 7.27. The number of carbonyl (C=O) groups is 2. The fourth-order valence-electron chi connectivity index (χ4n) is 5.61. The highest BCUT2D eigenvalue weighted by Gasteiger charge is 2.54. The maximum Gasteiger partial charge on any atom is 0.253 e. The number of nitrogens with one attached hydrogen (secondary N) is 1. The van der Waals surface area contributed by atoms with Gasteiger partial charge in [0.25, 0.3) is 11.8 Å². The van der Waals surface area contributed by atoms with E-state index in [2.05, 4.69) is 22.4 Å². The maximum absolute atomic E-state index is 13.3. The van der Waals surface area contributed by atoms with Crippen LogP contribution in [0.3, 0.4) is 0 Å². The SMILES string of the molecule is CCO[C@@H]1[C@@H](NC(=O)c2cccnc2)c2ccccc2C12CCN(C(=O)c1ccc(F)cc1)CC2. The van der Waals surface area contributed by atoms with Crippen molar-refractivity contribution in [1.82, 2.24) is 15.2 Å². The normalized spacial score (nSPS) is 20.5. The van der Waals surface area contributed by atoms with Crippen LogP contribution in [0.15, 0.2) is 73.1 Å². The number of rotatable bonds is 5. The molecule has 2 amide bonds. The van der Waals surface area contributed by atoms with Crippen molar-refractivity contribution >= 4 is 11.8 Å². The summed E-state index contributed by atoms with van der Waals surface area (Å²) in [6.45, 7) is 3.58. The number of carbonyl (C=O) groups excluding carboxylic acids is 2. The molecule has 5 rings (SSSR count). The van der Waals surface area contributed by atoms with Crippen LogP contribution in [-0.2, 0) is 10.2 Å². The second-order valence-electron chi connectivity index (χ2n) is 9.11. The molecule has 2 heterocycles. The maximum atomic E-state index is 13.3. The third kappa shape index (κ3) is 4.21. The molecule has 2 aliphatic rings. The quantitative estimate of drug-likeness (QED) is 0.600. The van der Waals surface area contributed by atoms with Crippen LogP contribution in [0.1, 0.15) is 57.7 Å². The summed E-state index contributed by atoms with van der Waals surface area (Å²) in [5, 5.41) is 3.20. The summed E-state index contributed by atoms with van der Waals surface area (Å²) in [5.74, 6) is -0.648. The van der Waals surface area contributed by atoms with Gasteiger partial charge in [-0.3, -0.25) is 14.6 Å². The fourth-order valence-corrected chi connectivity index (χ4v) is 5.61. The number of halogens is 1. The first-order valence-corrected chi connectivity index (χ1v) is 12.0. The zero-order valence-electron chi connectivity index (χ0n) is 19.6. The highest BCUT2D eigenvalue weighted by molar-refractivity contribution is 5.95. The standard InChI is InChI=1S/C28H28FN3O3/c1-2-35-25-24(31-26(33)20-6-5-15-30-18-20)22-7-3-4-8-23(22)28(25)13-16-32(17-14-28)27(34)19-9-11-21(29)12-10-19/h3-12,15,18,24-25H,2,13-14,16-17H2,1H3,(H,31,33)/t24-,25+/m0/s1. The van der Waals surface area contributed by atoms with Crippen molar-refractivity contribution in [2.45, 2.75) is 37.3 Å². The first kappa shape index (κ1) is 23.2. The molecule has 1 spiro atoms. The van der Waals surface area contributed by atoms with Gasteiger partial charge in [0.05, 0.1) is 17.7 Å². The van der Waals surface area contributed by atoms with Crippen LogP contribution in [0.2, 0.25) is 0 Å². The van der Waals surface area contributed by atoms with Gasteiger partial charge in [0.1, 0.15) is 5.82 Å². The van der Waals surface area contributed by atoms with Gasteiger partial charge >= 0.3 is 0 Å². The lowest BCUT2D eigenvalue weighted by Gasteiger charge is -2.44. The Bertz CT molecular complexity index is 1210. The molecular formula is C28H28FN3O3. The Kier molecular flexibility index (Phi) is 6.34. The van der Waals surface area contributed by atoms with E-state index in [1.807, 2.05) is 24.0 Å². The molecule has 1 aliphatic carbocycles. The first-order chi connectivity index (χ1) is 17.0. The Morgan fingerprint density at radius 2 is 1.80 bits per heavy atom. The van der Waals surface area contributed by atoms with E-state index in [0.717, 1.165) is 5.56 Å². The number of pyridine rings is 1. The molecule has 180 valence electrons. The van der Waals surface area contributed by atoms with E-state index >= 15 is 0 Å². The van der Waals surface area contributed by atoms with Crippen molar-refractivity contribution in [2.75, 3.05) is 19.7 Å². The van der Waals surface area contributed by atoms with Gasteiger partial charge in [-0.15, -0.1) is 0 Å². The van der Waals surface area contributed by atoms with E-state index in [0.29, 0.717) is 43.7 Å². The van der Waals surface area contributed by atoms with Gasteiger partial charge < -0.3 is 15.0 Å². The minimum absolute atomic E-state index is 0.0967. The van der Waals surface area contributed by atoms with Crippen LogP contribution >= 0.6 is 0 Å². The predicted molar refractivity (Wildman–Crippen MR) is 130 cm³/mol. The Labute approximate surface area is 204 Å². The van der Waals surface area contributed by atoms with Gasteiger partial charge in [-0.2, -0.15) is 0 Å². The number of benzene rings is 2. The average molecular weight is 474 g/mol. The molecule has 3 aromatic rings. The van der Waals surface area contributed by atoms with Crippen molar-refractivity contribution in [2.24, 2.45) is 0 Å². The van der Waals surface area contributed by atoms with Crippen LogP contribution in [0.4, 0.5) is 4.39 Å². The molecule has 2 aromatic carbocycles. The van der Waals surface area contributed by atoms with Gasteiger partial charge in [-0.25, -0.2) is 4.39 Å². The minimum Gasteiger partial charge on any atom is -0.375 e. The first-order valence-electron chi connectivity index (χ1n) is 12.0. The smallest absolute Gasteiger partial charge is 0.253 e. The second kappa shape index (κ2) is 9.58. The van der Waals surface area contributed by atoms with E-state index in [1.54, 1.807) is 24.5 Å². The van der Waals surface area contributed by atoms with E-state index in [9.17, 15) is 14.0 Å². The third-order valence-electron chi connectivity index (χ3n) is 7.27. The van der Waals surface area contributed by atoms with Crippen LogP contribution in [-0.4, -0.2) is 47.5 Å². The zero-order chi connectivity index (χ0) is 24.4. The number of hydrogen-bond acceptors (Lipinski definition) is 4. The van der Waals surface area contributed by atoms with Crippen LogP contribution in [0.25, 0.3) is 0 Å². The highest BCUT2D eigenvalue weighted by Crippen LogP contribution is 2.52. The van der Waals surface area contributed by atoms with Crippen molar-refractivity contribution in [3.05, 3.63) is 101 Å². The van der Waals surface area contributed by atoms with Crippen molar-refractivity contribution in [1.29, 1.82) is 0 Å². The Morgan fingerprint density at radius 3 is 2.49 bits per heavy atom. The van der Waals surface area contributed by atoms with Crippen molar-refractivity contribution in [3.8, 4) is 0 Å². The molecule has 0 radical (unpaired) electrons. The largest absolute Gasteiger partial charge is 0.375 e. The van der Waals surface area contributed by atoms with Crippen molar-refractivity contribution in [3.63, 3.8) is 0 Å². The Morgan fingerprint density at radius 1 is 1.06 bits per heavy atom. The lowest BCUT2D eigenvalue weighted by molar-refractivity contribution is -0.0305. The molecule has 2 atom stereocenters. The second-order valence-corrected chi connectivity index (χ2v) is 9.11. The fraction of sp³-hybridized carbons (Fsp3) is 0.321. The molecule has 1 fully saturated rings. The number of nitrogens with zero attached hydrogens (tertiary/aromatic N) is 2. The number of likely N-dealkylation sites (tertiary alicyclic amines) is 1. The topological polar surface area (TPSA) is 71.5 Å². The lowest BCUT2D eigenvalue weighted by atomic mass is 9.71. The molecule has 0 bridgehead atoms. The summed E-state index contributed by atoms with van der Waals surface area (Å²) >= 11 is 0. The zero-order valence-corrected chi connectivity index (χ0v) is 19.6. The van der Waals surface area contributed by atoms with Gasteiger partial charge in [0.2, 0.25) is 0 Å². The van der Waals surface area contributed by atoms with Crippen molar-refractivity contribution < 1.29 is 18.7 Å². The molecule has 1 aliphatic heterocycles. The van der Waals surface area contributed by atoms with Crippen LogP contribution < -0.4 is 5.32 Å². The van der Waals surface area contributed by atoms with E-state index in [4.69, 9.17) is 4.74 Å². The summed E-state index contributed by atoms with van der Waals surface area (Å²) in [6.07, 6.45) is 4.36. The predicted octanol–water partition coefficient (Wildman–Crippen LogP) is 4.28. The summed E-state index contributed by atoms with van der Waals surface area (Å²) in [7, 11) is 0. The van der Waals surface area contributed by atoms with E-state index in [1.165, 1.54) is 29.8 Å². The summed E-state index contributed by atoms with van der Waals surface area (Å²) in [5.41, 5.74) is 2.89. The number of piperidine rings is 1. The molecule has 0 unspecified atom stereocenters. The summed E-state index contributed by atoms with van der Waals surface area (Å²) in [4.78, 5) is 32.0. The van der Waals surface area contributed by atoms with E-state index < -0.39 is 0 Å². The number of amides is 2. The number of hydrogen-bond donors (Lipinski definition) is 1. The van der Waals surface area contributed by atoms with Gasteiger partial charge in [-0.1, -0.05) is 24.3 Å². The molecule has 35 heavy (non-hydrogen) atoms. The number of aromatic nitrogens is 1. The molecule has 0 saturated carbocycles.